The van der Waals surface area contributed by atoms with Gasteiger partial charge in [0.1, 0.15) is 41.9 Å². The van der Waals surface area contributed by atoms with Gasteiger partial charge < -0.3 is 53.9 Å². The number of aliphatic hydroxyl groups is 2. The summed E-state index contributed by atoms with van der Waals surface area (Å²) in [5.41, 5.74) is 7.01. The van der Waals surface area contributed by atoms with Crippen LogP contribution in [0.1, 0.15) is 6.23 Å². The van der Waals surface area contributed by atoms with Gasteiger partial charge in [0.15, 0.2) is 6.23 Å². The van der Waals surface area contributed by atoms with Crippen molar-refractivity contribution < 1.29 is 184 Å². The monoisotopic (exact) mass is 688 g/mol. The van der Waals surface area contributed by atoms with Crippen LogP contribution in [0, 0.1) is 5.82 Å². The summed E-state index contributed by atoms with van der Waals surface area (Å²) in [6.45, 7) is -1.12. The zero-order chi connectivity index (χ0) is 28.0. The summed E-state index contributed by atoms with van der Waals surface area (Å²) >= 11 is 0. The Morgan fingerprint density at radius 3 is 2.12 bits per heavy atom. The fourth-order valence-corrected chi connectivity index (χ4v) is 6.56. The maximum absolute atomic E-state index is 13.4. The van der Waals surface area contributed by atoms with E-state index in [1.165, 1.54) is 35.0 Å². The summed E-state index contributed by atoms with van der Waals surface area (Å²) in [4.78, 5) is 52.0. The molecule has 0 spiro atoms. The number of ether oxygens (including phenoxy) is 1. The Morgan fingerprint density at radius 2 is 1.55 bits per heavy atom. The number of nitrogen functional groups attached to an aromatic ring is 1. The largest absolute Gasteiger partial charge is 1.00 e. The molecule has 4 rings (SSSR count). The minimum Gasteiger partial charge on any atom is -0.790 e. The number of phosphoric ester groups is 1. The normalized spacial score (nSPS) is 22.9. The van der Waals surface area contributed by atoms with E-state index in [9.17, 15) is 47.9 Å². The van der Waals surface area contributed by atoms with Crippen LogP contribution in [-0.2, 0) is 31.6 Å². The second-order valence-electron chi connectivity index (χ2n) is 7.76. The van der Waals surface area contributed by atoms with Gasteiger partial charge in [-0.15, -0.1) is 0 Å². The minimum atomic E-state index is -6.19. The van der Waals surface area contributed by atoms with Crippen molar-refractivity contribution >= 4 is 40.3 Å². The Morgan fingerprint density at radius 1 is 0.952 bits per heavy atom. The van der Waals surface area contributed by atoms with E-state index < -0.39 is 60.4 Å². The molecule has 3 heterocycles. The maximum atomic E-state index is 13.4. The summed E-state index contributed by atoms with van der Waals surface area (Å²) in [5, 5.41) is 21.3. The van der Waals surface area contributed by atoms with Crippen molar-refractivity contribution in [3.8, 4) is 11.1 Å². The van der Waals surface area contributed by atoms with Crippen molar-refractivity contribution in [2.45, 2.75) is 24.5 Å². The van der Waals surface area contributed by atoms with E-state index in [-0.39, 0.29) is 130 Å². The van der Waals surface area contributed by atoms with Crippen LogP contribution in [0.2, 0.25) is 0 Å². The number of aliphatic hydroxyl groups excluding tert-OH is 2. The quantitative estimate of drug-likeness (QED) is 0.139. The fourth-order valence-electron chi connectivity index (χ4n) is 3.70. The van der Waals surface area contributed by atoms with Crippen molar-refractivity contribution in [3.63, 3.8) is 0 Å². The first-order valence-corrected chi connectivity index (χ1v) is 14.5. The van der Waals surface area contributed by atoms with Gasteiger partial charge in [-0.3, -0.25) is 13.4 Å². The van der Waals surface area contributed by atoms with Crippen LogP contribution < -0.4 is 144 Å². The van der Waals surface area contributed by atoms with E-state index in [0.29, 0.717) is 16.5 Å². The molecule has 0 aliphatic carbocycles. The Hall–Kier alpha value is 1.86. The average molecular weight is 688 g/mol. The number of nitrogens with zero attached hydrogens (tertiary/aromatic N) is 3. The second kappa shape index (κ2) is 17.3. The van der Waals surface area contributed by atoms with E-state index in [4.69, 9.17) is 10.5 Å². The summed E-state index contributed by atoms with van der Waals surface area (Å²) in [6, 6.07) is 5.28. The molecule has 6 atom stereocenters. The van der Waals surface area contributed by atoms with Crippen LogP contribution in [-0.4, -0.2) is 49.7 Å². The Bertz CT molecular complexity index is 1500. The molecule has 17 nitrogen and oxygen atoms in total. The van der Waals surface area contributed by atoms with Crippen molar-refractivity contribution in [1.82, 2.24) is 14.5 Å². The number of hydrogen-bond donors (Lipinski definition) is 3. The molecule has 0 bridgehead atoms. The zero-order valence-electron chi connectivity index (χ0n) is 22.5. The molecule has 1 fully saturated rings. The average Bonchev–Trinajstić information content (AvgIpc) is 3.29. The molecule has 2 unspecified atom stereocenters. The van der Waals surface area contributed by atoms with E-state index in [1.54, 1.807) is 0 Å². The predicted octanol–water partition coefficient (Wildman–Crippen LogP) is -13.7. The van der Waals surface area contributed by atoms with E-state index in [0.717, 1.165) is 6.33 Å². The van der Waals surface area contributed by atoms with Gasteiger partial charge in [-0.2, -0.15) is 0 Å². The van der Waals surface area contributed by atoms with Crippen LogP contribution in [0.3, 0.4) is 0 Å². The number of hydrogen-bond acceptors (Lipinski definition) is 16. The molecule has 1 aromatic carbocycles. The molecule has 2 aromatic heterocycles. The number of phosphoric acid groups is 3. The van der Waals surface area contributed by atoms with E-state index in [2.05, 4.69) is 23.1 Å². The summed E-state index contributed by atoms with van der Waals surface area (Å²) in [5.74, 6) is -0.479. The molecule has 1 aliphatic rings. The van der Waals surface area contributed by atoms with Crippen molar-refractivity contribution in [2.24, 2.45) is 0 Å². The predicted molar refractivity (Wildman–Crippen MR) is 114 cm³/mol. The molecule has 1 aliphatic heterocycles. The van der Waals surface area contributed by atoms with Gasteiger partial charge in [0, 0.05) is 11.8 Å². The molecule has 0 amide bonds. The third kappa shape index (κ3) is 11.0. The molecule has 25 heteroatoms. The first-order chi connectivity index (χ1) is 17.6. The number of benzene rings is 1. The van der Waals surface area contributed by atoms with Gasteiger partial charge in [-0.25, -0.2) is 18.7 Å². The van der Waals surface area contributed by atoms with Crippen molar-refractivity contribution in [1.29, 1.82) is 0 Å². The number of anilines is 1. The third-order valence-corrected chi connectivity index (χ3v) is 8.87. The number of nitrogens with two attached hydrogens (primary N) is 1. The fraction of sp³-hybridized carbons (Fsp3) is 0.294. The van der Waals surface area contributed by atoms with Gasteiger partial charge in [0.2, 0.25) is 0 Å². The molecule has 4 N–H and O–H groups in total. The molecule has 1 saturated heterocycles. The number of halogens is 1. The van der Waals surface area contributed by atoms with Crippen LogP contribution >= 0.6 is 23.5 Å². The van der Waals surface area contributed by atoms with Crippen LogP contribution in [0.15, 0.2) is 36.8 Å². The molecule has 208 valence electrons. The van der Waals surface area contributed by atoms with Gasteiger partial charge in [0.25, 0.3) is 15.6 Å². The minimum absolute atomic E-state index is 0. The standard InChI is InChI=1S/C17H20FN4O13P3.4Na/c18-9-3-1-8(2-4-9)10-5-22(16-12(10)15(19)20-7-21-16)17-14(24)13(23)11(33-17)6-32-37(28,29)35-38(30,31)34-36(25,26)27;;;;/h1-5,7,11,13-14,17,23-24H,6H2,(H,28,29)(H,30,31)(H2,19,20,21)(H2,25,26,27);;;;/q;4*+1/p-4/t11-,13-,14-,17-;;;;/m1..../s1. The topological polar surface area (TPSA) is 278 Å². The van der Waals surface area contributed by atoms with Crippen LogP contribution in [0.25, 0.3) is 22.2 Å². The third-order valence-electron chi connectivity index (χ3n) is 5.20. The van der Waals surface area contributed by atoms with Crippen molar-refractivity contribution in [2.75, 3.05) is 12.3 Å². The van der Waals surface area contributed by atoms with Gasteiger partial charge in [-0.05, 0) is 17.7 Å². The van der Waals surface area contributed by atoms with E-state index in [1.807, 2.05) is 0 Å². The summed E-state index contributed by atoms with van der Waals surface area (Å²) in [6.07, 6.45) is -4.02. The van der Waals surface area contributed by atoms with E-state index >= 15 is 0 Å². The van der Waals surface area contributed by atoms with Gasteiger partial charge in [0.05, 0.1) is 19.8 Å². The first kappa shape index (κ1) is 43.9. The summed E-state index contributed by atoms with van der Waals surface area (Å²) < 4.78 is 64.6. The first-order valence-electron chi connectivity index (χ1n) is 10.2. The summed E-state index contributed by atoms with van der Waals surface area (Å²) in [7, 11) is -18.2. The molecule has 0 saturated carbocycles. The Labute approximate surface area is 325 Å². The van der Waals surface area contributed by atoms with Crippen LogP contribution in [0.4, 0.5) is 10.2 Å². The van der Waals surface area contributed by atoms with Crippen LogP contribution in [0.5, 0.6) is 0 Å². The Balaban J connectivity index is 0.00000420. The molecule has 3 aromatic rings. The van der Waals surface area contributed by atoms with Crippen molar-refractivity contribution in [3.05, 3.63) is 42.6 Å². The van der Waals surface area contributed by atoms with Gasteiger partial charge in [-0.1, -0.05) is 12.1 Å². The maximum Gasteiger partial charge on any atom is 1.00 e. The number of aromatic nitrogens is 3. The Kier molecular flexibility index (Phi) is 18.1. The molecule has 42 heavy (non-hydrogen) atoms. The number of fused-ring (bicyclic) bond motifs is 1. The van der Waals surface area contributed by atoms with Gasteiger partial charge >= 0.3 is 118 Å². The molecule has 0 radical (unpaired) electrons. The number of rotatable bonds is 9. The molecular formula is C17H16FN4Na4O13P3. The second-order valence-corrected chi connectivity index (χ2v) is 12.0. The SMILES string of the molecule is Nc1ncnc2c1c(-c1ccc(F)cc1)cn2[C@@H]1O[C@H](COP(=O)([O-])OP(=O)([O-])OP(=O)([O-])[O-])[C@@H](O)[C@H]1O.[Na+].[Na+].[Na+].[Na+]. The smallest absolute Gasteiger partial charge is 0.790 e. The molecular weight excluding hydrogens is 672 g/mol. The zero-order valence-corrected chi connectivity index (χ0v) is 33.2.